The molecule has 0 aliphatic carbocycles. The topological polar surface area (TPSA) is 86.5 Å². The molecular formula is C18H17NO5. The molecule has 0 spiro atoms. The molecule has 0 fully saturated rings. The highest BCUT2D eigenvalue weighted by atomic mass is 16.6. The lowest BCUT2D eigenvalue weighted by Gasteiger charge is -2.15. The second kappa shape index (κ2) is 8.01. The Labute approximate surface area is 139 Å². The molecule has 2 rings (SSSR count). The number of esters is 1. The van der Waals surface area contributed by atoms with E-state index in [-0.39, 0.29) is 23.6 Å². The van der Waals surface area contributed by atoms with Gasteiger partial charge in [0, 0.05) is 18.1 Å². The Morgan fingerprint density at radius 1 is 1.25 bits per heavy atom. The fourth-order valence-corrected chi connectivity index (χ4v) is 2.60. The van der Waals surface area contributed by atoms with Gasteiger partial charge in [0.05, 0.1) is 17.6 Å². The van der Waals surface area contributed by atoms with Gasteiger partial charge in [0.25, 0.3) is 5.69 Å². The third kappa shape index (κ3) is 4.04. The molecule has 2 aromatic rings. The smallest absolute Gasteiger partial charge is 0.338 e. The minimum atomic E-state index is -0.628. The molecule has 0 unspecified atom stereocenters. The lowest BCUT2D eigenvalue weighted by atomic mass is 9.89. The summed E-state index contributed by atoms with van der Waals surface area (Å²) in [4.78, 5) is 33.4. The first-order valence-corrected chi connectivity index (χ1v) is 7.41. The van der Waals surface area contributed by atoms with Crippen LogP contribution in [0, 0.1) is 10.1 Å². The first-order valence-electron chi connectivity index (χ1n) is 7.41. The molecule has 0 N–H and O–H groups in total. The maximum absolute atomic E-state index is 11.6. The van der Waals surface area contributed by atoms with Gasteiger partial charge in [-0.25, -0.2) is 4.79 Å². The molecule has 0 aliphatic rings. The van der Waals surface area contributed by atoms with Crippen molar-refractivity contribution in [1.82, 2.24) is 0 Å². The zero-order chi connectivity index (χ0) is 17.5. The summed E-state index contributed by atoms with van der Waals surface area (Å²) in [5, 5.41) is 11.3. The van der Waals surface area contributed by atoms with E-state index in [1.54, 1.807) is 6.07 Å². The van der Waals surface area contributed by atoms with E-state index in [9.17, 15) is 19.7 Å². The lowest BCUT2D eigenvalue weighted by molar-refractivity contribution is -0.385. The summed E-state index contributed by atoms with van der Waals surface area (Å²) in [7, 11) is 1.22. The quantitative estimate of drug-likeness (QED) is 0.337. The lowest BCUT2D eigenvalue weighted by Crippen LogP contribution is -2.08. The zero-order valence-electron chi connectivity index (χ0n) is 13.2. The van der Waals surface area contributed by atoms with Crippen molar-refractivity contribution in [2.45, 2.75) is 18.8 Å². The van der Waals surface area contributed by atoms with Crippen molar-refractivity contribution < 1.29 is 19.2 Å². The van der Waals surface area contributed by atoms with Crippen LogP contribution in [0.5, 0.6) is 0 Å². The highest BCUT2D eigenvalue weighted by molar-refractivity contribution is 5.90. The summed E-state index contributed by atoms with van der Waals surface area (Å²) < 4.78 is 4.59. The Kier molecular flexibility index (Phi) is 5.78. The van der Waals surface area contributed by atoms with E-state index in [4.69, 9.17) is 0 Å². The molecule has 2 aromatic carbocycles. The highest BCUT2D eigenvalue weighted by Crippen LogP contribution is 2.29. The van der Waals surface area contributed by atoms with E-state index in [2.05, 4.69) is 4.74 Å². The van der Waals surface area contributed by atoms with Gasteiger partial charge in [0.2, 0.25) is 0 Å². The van der Waals surface area contributed by atoms with Crippen molar-refractivity contribution in [1.29, 1.82) is 0 Å². The predicted octanol–water partition coefficient (Wildman–Crippen LogP) is 3.30. The Morgan fingerprint density at radius 3 is 2.54 bits per heavy atom. The molecule has 6 nitrogen and oxygen atoms in total. The molecule has 0 heterocycles. The molecule has 6 heteroatoms. The van der Waals surface area contributed by atoms with Gasteiger partial charge in [0.1, 0.15) is 6.29 Å². The molecule has 0 bridgehead atoms. The van der Waals surface area contributed by atoms with E-state index in [1.807, 2.05) is 30.3 Å². The van der Waals surface area contributed by atoms with E-state index < -0.39 is 10.9 Å². The van der Waals surface area contributed by atoms with Crippen LogP contribution in [0.1, 0.15) is 33.8 Å². The molecule has 0 saturated carbocycles. The molecule has 0 aromatic heterocycles. The molecule has 0 saturated heterocycles. The van der Waals surface area contributed by atoms with E-state index >= 15 is 0 Å². The minimum absolute atomic E-state index is 0.125. The highest BCUT2D eigenvalue weighted by Gasteiger charge is 2.21. The monoisotopic (exact) mass is 327 g/mol. The fourth-order valence-electron chi connectivity index (χ4n) is 2.60. The molecule has 24 heavy (non-hydrogen) atoms. The summed E-state index contributed by atoms with van der Waals surface area (Å²) in [5.41, 5.74) is 1.39. The molecule has 124 valence electrons. The van der Waals surface area contributed by atoms with E-state index in [1.165, 1.54) is 19.2 Å². The van der Waals surface area contributed by atoms with E-state index in [0.29, 0.717) is 12.0 Å². The number of nitro groups is 1. The minimum Gasteiger partial charge on any atom is -0.465 e. The van der Waals surface area contributed by atoms with Crippen LogP contribution in [0.25, 0.3) is 0 Å². The molecule has 0 amide bonds. The van der Waals surface area contributed by atoms with Crippen LogP contribution in [0.4, 0.5) is 5.69 Å². The number of hydrogen-bond donors (Lipinski definition) is 0. The van der Waals surface area contributed by atoms with Crippen molar-refractivity contribution in [3.63, 3.8) is 0 Å². The van der Waals surface area contributed by atoms with Gasteiger partial charge >= 0.3 is 5.97 Å². The van der Waals surface area contributed by atoms with Gasteiger partial charge in [-0.05, 0) is 24.0 Å². The summed E-state index contributed by atoms with van der Waals surface area (Å²) in [6, 6.07) is 13.6. The van der Waals surface area contributed by atoms with Crippen molar-refractivity contribution >= 4 is 17.9 Å². The number of methoxy groups -OCH3 is 1. The normalized spacial score (nSPS) is 11.5. The van der Waals surface area contributed by atoms with E-state index in [0.717, 1.165) is 11.8 Å². The second-order valence-electron chi connectivity index (χ2n) is 5.31. The van der Waals surface area contributed by atoms with Crippen LogP contribution in [-0.2, 0) is 16.0 Å². The molecule has 1 atom stereocenters. The predicted molar refractivity (Wildman–Crippen MR) is 88.0 cm³/mol. The van der Waals surface area contributed by atoms with Gasteiger partial charge in [-0.15, -0.1) is 0 Å². The van der Waals surface area contributed by atoms with Gasteiger partial charge in [-0.1, -0.05) is 36.4 Å². The summed E-state index contributed by atoms with van der Waals surface area (Å²) >= 11 is 0. The van der Waals surface area contributed by atoms with Gasteiger partial charge in [-0.3, -0.25) is 10.1 Å². The van der Waals surface area contributed by atoms with Gasteiger partial charge < -0.3 is 9.53 Å². The summed E-state index contributed by atoms with van der Waals surface area (Å²) in [6.07, 6.45) is 1.41. The van der Waals surface area contributed by atoms with Crippen LogP contribution in [-0.4, -0.2) is 24.3 Å². The van der Waals surface area contributed by atoms with Crippen molar-refractivity contribution in [3.8, 4) is 0 Å². The Bertz CT molecular complexity index is 742. The van der Waals surface area contributed by atoms with Gasteiger partial charge in [-0.2, -0.15) is 0 Å². The van der Waals surface area contributed by atoms with Crippen LogP contribution in [0.2, 0.25) is 0 Å². The molecular weight excluding hydrogens is 310 g/mol. The number of rotatable bonds is 7. The summed E-state index contributed by atoms with van der Waals surface area (Å²) in [5.74, 6) is -0.788. The first-order chi connectivity index (χ1) is 11.6. The Morgan fingerprint density at radius 2 is 1.96 bits per heavy atom. The number of hydrogen-bond acceptors (Lipinski definition) is 5. The maximum atomic E-state index is 11.6. The number of benzene rings is 2. The molecule has 0 radical (unpaired) electrons. The van der Waals surface area contributed by atoms with Crippen molar-refractivity contribution in [3.05, 3.63) is 75.3 Å². The number of carbonyl (C=O) groups excluding carboxylic acids is 2. The van der Waals surface area contributed by atoms with Crippen molar-refractivity contribution in [2.75, 3.05) is 7.11 Å². The Balaban J connectivity index is 2.37. The first kappa shape index (κ1) is 17.3. The third-order valence-electron chi connectivity index (χ3n) is 3.82. The second-order valence-corrected chi connectivity index (χ2v) is 5.31. The molecule has 0 aliphatic heterocycles. The van der Waals surface area contributed by atoms with Crippen LogP contribution in [0.3, 0.4) is 0 Å². The number of nitro benzene ring substituents is 1. The van der Waals surface area contributed by atoms with Crippen LogP contribution in [0.15, 0.2) is 48.5 Å². The largest absolute Gasteiger partial charge is 0.465 e. The van der Waals surface area contributed by atoms with Crippen molar-refractivity contribution in [2.24, 2.45) is 0 Å². The fraction of sp³-hybridized carbons (Fsp3) is 0.222. The summed E-state index contributed by atoms with van der Waals surface area (Å²) in [6.45, 7) is 0. The number of nitrogens with zero attached hydrogens (tertiary/aromatic N) is 1. The van der Waals surface area contributed by atoms with Crippen LogP contribution >= 0.6 is 0 Å². The average Bonchev–Trinajstić information content (AvgIpc) is 2.61. The standard InChI is InChI=1S/C18H17NO5/c1-24-18(21)16-8-7-15(17(12-16)19(22)23)11-14(9-10-20)13-5-3-2-4-6-13/h2-8,10,12,14H,9,11H2,1H3/t14-/m1/s1. The number of aldehydes is 1. The van der Waals surface area contributed by atoms with Gasteiger partial charge in [0.15, 0.2) is 0 Å². The third-order valence-corrected chi connectivity index (χ3v) is 3.82. The zero-order valence-corrected chi connectivity index (χ0v) is 13.2. The number of ether oxygens (including phenoxy) is 1. The number of carbonyl (C=O) groups is 2. The SMILES string of the molecule is COC(=O)c1ccc(C[C@@H](CC=O)c2ccccc2)c([N+](=O)[O-])c1. The maximum Gasteiger partial charge on any atom is 0.338 e. The average molecular weight is 327 g/mol. The van der Waals surface area contributed by atoms with Crippen LogP contribution < -0.4 is 0 Å². The Hall–Kier alpha value is -3.02.